The maximum absolute atomic E-state index is 10.4. The molecule has 0 saturated heterocycles. The van der Waals surface area contributed by atoms with E-state index in [1.54, 1.807) is 12.1 Å². The lowest BCUT2D eigenvalue weighted by molar-refractivity contribution is -0.131. The Balaban J connectivity index is 0.000000200. The van der Waals surface area contributed by atoms with Gasteiger partial charge in [-0.1, -0.05) is 23.2 Å². The highest BCUT2D eigenvalue weighted by Gasteiger charge is 1.96. The van der Waals surface area contributed by atoms with Crippen LogP contribution in [0.2, 0.25) is 10.3 Å². The Kier molecular flexibility index (Phi) is 6.05. The quantitative estimate of drug-likeness (QED) is 0.647. The molecule has 0 aliphatic carbocycles. The minimum Gasteiger partial charge on any atom is -0.506 e. The zero-order valence-corrected chi connectivity index (χ0v) is 11.4. The van der Waals surface area contributed by atoms with Crippen molar-refractivity contribution in [2.45, 2.75) is 6.92 Å². The maximum atomic E-state index is 10.4. The van der Waals surface area contributed by atoms with E-state index in [0.29, 0.717) is 16.1 Å². The van der Waals surface area contributed by atoms with E-state index in [4.69, 9.17) is 33.0 Å². The minimum atomic E-state index is -0.367. The minimum absolute atomic E-state index is 0.134. The largest absolute Gasteiger partial charge is 0.506 e. The van der Waals surface area contributed by atoms with Crippen molar-refractivity contribution in [1.29, 1.82) is 0 Å². The molecule has 0 aliphatic heterocycles. The number of aromatic hydroxyl groups is 1. The van der Waals surface area contributed by atoms with Crippen molar-refractivity contribution in [1.82, 2.24) is 9.97 Å². The highest BCUT2D eigenvalue weighted by atomic mass is 35.5. The number of carbonyl (C=O) groups excluding carboxylic acids is 1. The number of carbonyl (C=O) groups is 1. The van der Waals surface area contributed by atoms with Crippen molar-refractivity contribution in [3.05, 3.63) is 47.0 Å². The molecule has 2 heterocycles. The Hall–Kier alpha value is -1.85. The van der Waals surface area contributed by atoms with Gasteiger partial charge in [0.1, 0.15) is 21.8 Å². The molecule has 7 heteroatoms. The summed E-state index contributed by atoms with van der Waals surface area (Å²) in [6, 6.07) is 6.14. The van der Waals surface area contributed by atoms with Gasteiger partial charge in [-0.2, -0.15) is 0 Å². The zero-order chi connectivity index (χ0) is 14.3. The van der Waals surface area contributed by atoms with Gasteiger partial charge in [-0.25, -0.2) is 9.97 Å². The third-order valence-corrected chi connectivity index (χ3v) is 2.12. The van der Waals surface area contributed by atoms with Crippen LogP contribution in [0.15, 0.2) is 36.7 Å². The summed E-state index contributed by atoms with van der Waals surface area (Å²) in [5, 5.41) is 9.40. The van der Waals surface area contributed by atoms with Crippen molar-refractivity contribution in [2.24, 2.45) is 0 Å². The molecule has 0 fully saturated rings. The van der Waals surface area contributed by atoms with Crippen LogP contribution in [0.25, 0.3) is 0 Å². The Morgan fingerprint density at radius 2 is 1.68 bits per heavy atom. The van der Waals surface area contributed by atoms with E-state index in [1.807, 2.05) is 0 Å². The van der Waals surface area contributed by atoms with Gasteiger partial charge in [-0.3, -0.25) is 4.79 Å². The molecule has 0 aliphatic rings. The van der Waals surface area contributed by atoms with Gasteiger partial charge in [0.05, 0.1) is 12.4 Å². The smallest absolute Gasteiger partial charge is 0.308 e. The number of ether oxygens (including phenoxy) is 1. The summed E-state index contributed by atoms with van der Waals surface area (Å²) in [7, 11) is 0. The first-order chi connectivity index (χ1) is 8.97. The number of aromatic nitrogens is 2. The first-order valence-electron chi connectivity index (χ1n) is 5.08. The van der Waals surface area contributed by atoms with Gasteiger partial charge >= 0.3 is 5.97 Å². The Morgan fingerprint density at radius 3 is 2.05 bits per heavy atom. The SMILES string of the molecule is CC(=O)Oc1ccc(Cl)nc1.Oc1ccc(Cl)nc1. The summed E-state index contributed by atoms with van der Waals surface area (Å²) in [6.45, 7) is 1.33. The molecule has 1 N–H and O–H groups in total. The van der Waals surface area contributed by atoms with Gasteiger partial charge in [0.2, 0.25) is 0 Å². The van der Waals surface area contributed by atoms with Crippen LogP contribution in [0.3, 0.4) is 0 Å². The fraction of sp³-hybridized carbons (Fsp3) is 0.0833. The van der Waals surface area contributed by atoms with Crippen molar-refractivity contribution >= 4 is 29.2 Å². The molecule has 0 spiro atoms. The van der Waals surface area contributed by atoms with Gasteiger partial charge in [0.15, 0.2) is 0 Å². The molecular weight excluding hydrogens is 291 g/mol. The van der Waals surface area contributed by atoms with Gasteiger partial charge < -0.3 is 9.84 Å². The predicted molar refractivity (Wildman–Crippen MR) is 71.5 cm³/mol. The molecule has 0 amide bonds. The van der Waals surface area contributed by atoms with Gasteiger partial charge in [-0.05, 0) is 24.3 Å². The lowest BCUT2D eigenvalue weighted by Gasteiger charge is -1.98. The topological polar surface area (TPSA) is 72.3 Å². The Morgan fingerprint density at radius 1 is 1.11 bits per heavy atom. The molecule has 0 unspecified atom stereocenters. The molecule has 0 aromatic carbocycles. The third-order valence-electron chi connectivity index (χ3n) is 1.67. The van der Waals surface area contributed by atoms with Gasteiger partial charge in [-0.15, -0.1) is 0 Å². The highest BCUT2D eigenvalue weighted by molar-refractivity contribution is 6.29. The van der Waals surface area contributed by atoms with Crippen molar-refractivity contribution in [2.75, 3.05) is 0 Å². The summed E-state index contributed by atoms with van der Waals surface area (Å²) < 4.78 is 4.71. The van der Waals surface area contributed by atoms with Gasteiger partial charge in [0.25, 0.3) is 0 Å². The van der Waals surface area contributed by atoms with Crippen LogP contribution in [-0.2, 0) is 4.79 Å². The fourth-order valence-electron chi connectivity index (χ4n) is 0.957. The monoisotopic (exact) mass is 300 g/mol. The van der Waals surface area contributed by atoms with Crippen molar-refractivity contribution in [3.8, 4) is 11.5 Å². The van der Waals surface area contributed by atoms with E-state index in [-0.39, 0.29) is 11.7 Å². The molecule has 0 saturated carbocycles. The average molecular weight is 301 g/mol. The van der Waals surface area contributed by atoms with E-state index < -0.39 is 0 Å². The summed E-state index contributed by atoms with van der Waals surface area (Å²) in [4.78, 5) is 17.7. The average Bonchev–Trinajstić information content (AvgIpc) is 2.36. The summed E-state index contributed by atoms with van der Waals surface area (Å²) >= 11 is 10.9. The van der Waals surface area contributed by atoms with Crippen LogP contribution in [0, 0.1) is 0 Å². The Labute approximate surface area is 119 Å². The number of nitrogens with zero attached hydrogens (tertiary/aromatic N) is 2. The van der Waals surface area contributed by atoms with Crippen LogP contribution < -0.4 is 4.74 Å². The molecule has 2 aromatic heterocycles. The van der Waals surface area contributed by atoms with Crippen LogP contribution in [0.1, 0.15) is 6.92 Å². The first-order valence-corrected chi connectivity index (χ1v) is 5.83. The first kappa shape index (κ1) is 15.2. The van der Waals surface area contributed by atoms with Crippen LogP contribution in [-0.4, -0.2) is 21.0 Å². The van der Waals surface area contributed by atoms with Crippen molar-refractivity contribution in [3.63, 3.8) is 0 Å². The summed E-state index contributed by atoms with van der Waals surface area (Å²) in [6.07, 6.45) is 2.69. The molecule has 100 valence electrons. The van der Waals surface area contributed by atoms with Crippen LogP contribution >= 0.6 is 23.2 Å². The van der Waals surface area contributed by atoms with E-state index in [9.17, 15) is 4.79 Å². The zero-order valence-electron chi connectivity index (χ0n) is 9.88. The highest BCUT2D eigenvalue weighted by Crippen LogP contribution is 2.11. The summed E-state index contributed by atoms with van der Waals surface area (Å²) in [5.41, 5.74) is 0. The molecule has 2 aromatic rings. The molecular formula is C12H10Cl2N2O3. The van der Waals surface area contributed by atoms with Crippen molar-refractivity contribution < 1.29 is 14.6 Å². The molecule has 0 radical (unpaired) electrons. The Bertz CT molecular complexity index is 509. The summed E-state index contributed by atoms with van der Waals surface area (Å²) in [5.74, 6) is 0.172. The standard InChI is InChI=1S/C7H6ClNO2.C5H4ClNO/c1-5(10)11-6-2-3-7(8)9-4-6;6-5-2-1-4(8)3-7-5/h2-4H,1H3;1-3,8H. The number of esters is 1. The third kappa shape index (κ3) is 6.59. The van der Waals surface area contributed by atoms with Crippen LogP contribution in [0.4, 0.5) is 0 Å². The lowest BCUT2D eigenvalue weighted by atomic mass is 10.5. The number of halogens is 2. The second-order valence-corrected chi connectivity index (χ2v) is 4.02. The lowest BCUT2D eigenvalue weighted by Crippen LogP contribution is -2.01. The second kappa shape index (κ2) is 7.56. The number of rotatable bonds is 1. The predicted octanol–water partition coefficient (Wildman–Crippen LogP) is 3.10. The maximum Gasteiger partial charge on any atom is 0.308 e. The van der Waals surface area contributed by atoms with Gasteiger partial charge in [0, 0.05) is 6.92 Å². The number of hydrogen-bond donors (Lipinski definition) is 1. The molecule has 2 rings (SSSR count). The molecule has 5 nitrogen and oxygen atoms in total. The van der Waals surface area contributed by atoms with E-state index in [1.165, 1.54) is 31.5 Å². The van der Waals surface area contributed by atoms with E-state index in [2.05, 4.69) is 9.97 Å². The normalized spacial score (nSPS) is 9.21. The number of hydrogen-bond acceptors (Lipinski definition) is 5. The van der Waals surface area contributed by atoms with E-state index in [0.717, 1.165) is 0 Å². The molecule has 0 bridgehead atoms. The molecule has 0 atom stereocenters. The number of pyridine rings is 2. The molecule has 19 heavy (non-hydrogen) atoms. The van der Waals surface area contributed by atoms with E-state index >= 15 is 0 Å². The van der Waals surface area contributed by atoms with Crippen LogP contribution in [0.5, 0.6) is 11.5 Å². The fourth-order valence-corrected chi connectivity index (χ4v) is 1.18. The second-order valence-electron chi connectivity index (χ2n) is 3.25.